The van der Waals surface area contributed by atoms with E-state index in [4.69, 9.17) is 4.74 Å². The molecule has 3 aliphatic rings. The summed E-state index contributed by atoms with van der Waals surface area (Å²) in [7, 11) is 2.94. The summed E-state index contributed by atoms with van der Waals surface area (Å²) in [5.41, 5.74) is -0.705. The number of ketones is 1. The lowest BCUT2D eigenvalue weighted by atomic mass is 9.77. The molecular weight excluding hydrogens is 569 g/mol. The number of hydrogen-bond acceptors (Lipinski definition) is 7. The highest BCUT2D eigenvalue weighted by atomic mass is 19.1. The van der Waals surface area contributed by atoms with Crippen LogP contribution >= 0.6 is 0 Å². The third-order valence-corrected chi connectivity index (χ3v) is 8.11. The molecule has 44 heavy (non-hydrogen) atoms. The van der Waals surface area contributed by atoms with Crippen molar-refractivity contribution in [3.63, 3.8) is 0 Å². The van der Waals surface area contributed by atoms with Crippen molar-refractivity contribution < 1.29 is 28.3 Å². The smallest absolute Gasteiger partial charge is 0.311 e. The molecule has 3 amide bonds. The van der Waals surface area contributed by atoms with Crippen LogP contribution in [-0.4, -0.2) is 58.6 Å². The van der Waals surface area contributed by atoms with E-state index in [-0.39, 0.29) is 48.5 Å². The van der Waals surface area contributed by atoms with Gasteiger partial charge in [-0.05, 0) is 54.9 Å². The van der Waals surface area contributed by atoms with E-state index < -0.39 is 34.6 Å². The molecule has 0 radical (unpaired) electrons. The minimum atomic E-state index is -1.15. The first kappa shape index (κ1) is 30.6. The molecule has 0 atom stereocenters. The van der Waals surface area contributed by atoms with Gasteiger partial charge in [0.05, 0.1) is 12.1 Å². The zero-order valence-electron chi connectivity index (χ0n) is 24.6. The molecule has 2 aromatic carbocycles. The fourth-order valence-corrected chi connectivity index (χ4v) is 5.73. The number of aromatic nitrogens is 2. The lowest BCUT2D eigenvalue weighted by molar-refractivity contribution is -0.145. The number of rotatable bonds is 9. The van der Waals surface area contributed by atoms with Gasteiger partial charge in [0, 0.05) is 27.1 Å². The van der Waals surface area contributed by atoms with Gasteiger partial charge >= 0.3 is 11.8 Å². The van der Waals surface area contributed by atoms with Gasteiger partial charge in [-0.2, -0.15) is 0 Å². The number of carbonyl (C=O) groups is 4. The number of fused-ring (bicyclic) bond motifs is 2. The van der Waals surface area contributed by atoms with Crippen molar-refractivity contribution in [2.75, 3.05) is 20.6 Å². The van der Waals surface area contributed by atoms with Gasteiger partial charge in [-0.25, -0.2) is 9.37 Å². The number of benzene rings is 2. The van der Waals surface area contributed by atoms with Crippen molar-refractivity contribution in [2.45, 2.75) is 50.8 Å². The van der Waals surface area contributed by atoms with Crippen LogP contribution in [0.15, 0.2) is 59.4 Å². The Bertz CT molecular complexity index is 1630. The molecule has 1 aromatic heterocycles. The van der Waals surface area contributed by atoms with Gasteiger partial charge in [0.2, 0.25) is 5.75 Å². The number of halogens is 1. The van der Waals surface area contributed by atoms with Gasteiger partial charge < -0.3 is 20.3 Å². The summed E-state index contributed by atoms with van der Waals surface area (Å²) in [4.78, 5) is 71.5. The second-order valence-corrected chi connectivity index (χ2v) is 11.5. The Hall–Kier alpha value is -4.87. The summed E-state index contributed by atoms with van der Waals surface area (Å²) in [5, 5.41) is 5.39. The highest BCUT2D eigenvalue weighted by molar-refractivity contribution is 6.35. The predicted molar refractivity (Wildman–Crippen MR) is 157 cm³/mol. The fourth-order valence-electron chi connectivity index (χ4n) is 5.73. The van der Waals surface area contributed by atoms with Crippen LogP contribution in [0.3, 0.4) is 0 Å². The van der Waals surface area contributed by atoms with Gasteiger partial charge in [0.15, 0.2) is 11.5 Å². The summed E-state index contributed by atoms with van der Waals surface area (Å²) >= 11 is 0. The fraction of sp³-hybridized carbons (Fsp3) is 0.375. The SMILES string of the molecule is CN(C)C(=O)C(=O)NC12CCC(CC1)Cn1c2nc(C(=O)NCC(=O)Cc2ccc(F)cc2)c(OCc2ccccc2)c1=O. The molecule has 1 aliphatic carbocycles. The Morgan fingerprint density at radius 2 is 1.70 bits per heavy atom. The number of ether oxygens (including phenoxy) is 1. The molecule has 12 heteroatoms. The monoisotopic (exact) mass is 603 g/mol. The van der Waals surface area contributed by atoms with Crippen molar-refractivity contribution >= 4 is 23.5 Å². The van der Waals surface area contributed by atoms with Gasteiger partial charge in [-0.3, -0.25) is 28.5 Å². The number of Topliss-reactive ketones (excluding diaryl/α,β-unsaturated/α-hetero) is 1. The van der Waals surface area contributed by atoms with Gasteiger partial charge in [0.1, 0.15) is 18.2 Å². The molecule has 2 bridgehead atoms. The summed E-state index contributed by atoms with van der Waals surface area (Å²) in [6.45, 7) is -0.0561. The van der Waals surface area contributed by atoms with Gasteiger partial charge in [-0.1, -0.05) is 42.5 Å². The number of hydrogen-bond donors (Lipinski definition) is 2. The van der Waals surface area contributed by atoms with Crippen molar-refractivity contribution in [3.8, 4) is 5.75 Å². The summed E-state index contributed by atoms with van der Waals surface area (Å²) in [6, 6.07) is 14.6. The third kappa shape index (κ3) is 6.53. The first-order chi connectivity index (χ1) is 21.1. The van der Waals surface area contributed by atoms with Crippen molar-refractivity contribution in [1.82, 2.24) is 25.1 Å². The predicted octanol–water partition coefficient (Wildman–Crippen LogP) is 2.11. The molecule has 0 spiro atoms. The van der Waals surface area contributed by atoms with Crippen molar-refractivity contribution in [2.24, 2.45) is 5.92 Å². The van der Waals surface area contributed by atoms with Crippen LogP contribution in [-0.2, 0) is 39.5 Å². The largest absolute Gasteiger partial charge is 0.481 e. The van der Waals surface area contributed by atoms with E-state index in [9.17, 15) is 28.4 Å². The van der Waals surface area contributed by atoms with Crippen LogP contribution in [0.5, 0.6) is 5.75 Å². The van der Waals surface area contributed by atoms with E-state index in [1.165, 1.54) is 42.9 Å². The average Bonchev–Trinajstić information content (AvgIpc) is 3.26. The first-order valence-corrected chi connectivity index (χ1v) is 14.5. The van der Waals surface area contributed by atoms with Gasteiger partial charge in [-0.15, -0.1) is 0 Å². The summed E-state index contributed by atoms with van der Waals surface area (Å²) < 4.78 is 20.6. The van der Waals surface area contributed by atoms with E-state index in [0.717, 1.165) is 10.5 Å². The van der Waals surface area contributed by atoms with Crippen LogP contribution in [0.4, 0.5) is 4.39 Å². The molecule has 3 aromatic rings. The molecule has 3 heterocycles. The molecule has 0 saturated heterocycles. The Labute approximate surface area is 253 Å². The Kier molecular flexibility index (Phi) is 8.88. The Morgan fingerprint density at radius 1 is 1.02 bits per heavy atom. The molecule has 11 nitrogen and oxygen atoms in total. The van der Waals surface area contributed by atoms with Crippen LogP contribution in [0, 0.1) is 11.7 Å². The zero-order valence-corrected chi connectivity index (χ0v) is 24.6. The topological polar surface area (TPSA) is 140 Å². The highest BCUT2D eigenvalue weighted by Crippen LogP contribution is 2.43. The van der Waals surface area contributed by atoms with Crippen molar-refractivity contribution in [3.05, 3.63) is 93.4 Å². The van der Waals surface area contributed by atoms with E-state index in [1.54, 1.807) is 0 Å². The molecule has 2 aliphatic heterocycles. The number of nitrogens with zero attached hydrogens (tertiary/aromatic N) is 3. The maximum absolute atomic E-state index is 14.0. The molecule has 0 unspecified atom stereocenters. The van der Waals surface area contributed by atoms with E-state index in [1.807, 2.05) is 30.3 Å². The lowest BCUT2D eigenvalue weighted by Crippen LogP contribution is -2.53. The number of nitrogens with one attached hydrogen (secondary N) is 2. The molecule has 230 valence electrons. The highest BCUT2D eigenvalue weighted by Gasteiger charge is 2.47. The summed E-state index contributed by atoms with van der Waals surface area (Å²) in [6.07, 6.45) is 2.18. The Morgan fingerprint density at radius 3 is 2.36 bits per heavy atom. The third-order valence-electron chi connectivity index (χ3n) is 8.11. The van der Waals surface area contributed by atoms with Crippen LogP contribution in [0.25, 0.3) is 0 Å². The minimum absolute atomic E-state index is 0.0104. The quantitative estimate of drug-likeness (QED) is 0.357. The first-order valence-electron chi connectivity index (χ1n) is 14.5. The lowest BCUT2D eigenvalue weighted by Gasteiger charge is -2.37. The molecule has 2 N–H and O–H groups in total. The van der Waals surface area contributed by atoms with Gasteiger partial charge in [0.25, 0.3) is 11.5 Å². The number of carbonyl (C=O) groups excluding carboxylic acids is 4. The maximum atomic E-state index is 14.0. The molecule has 6 rings (SSSR count). The Balaban J connectivity index is 1.49. The minimum Gasteiger partial charge on any atom is -0.481 e. The zero-order chi connectivity index (χ0) is 31.4. The van der Waals surface area contributed by atoms with Crippen LogP contribution in [0.1, 0.15) is 53.1 Å². The maximum Gasteiger partial charge on any atom is 0.311 e. The number of likely N-dealkylation sites (N-methyl/N-ethyl adjacent to an activating group) is 1. The molecule has 1 saturated carbocycles. The van der Waals surface area contributed by atoms with E-state index in [0.29, 0.717) is 37.8 Å². The van der Waals surface area contributed by atoms with Crippen LogP contribution in [0.2, 0.25) is 0 Å². The normalized spacial score (nSPS) is 18.5. The second kappa shape index (κ2) is 12.8. The van der Waals surface area contributed by atoms with Crippen molar-refractivity contribution in [1.29, 1.82) is 0 Å². The number of amides is 3. The summed E-state index contributed by atoms with van der Waals surface area (Å²) in [5.74, 6) is -3.11. The standard InChI is InChI=1S/C32H34FN5O6/c1-37(2)30(43)28(41)36-32-14-12-21(13-15-32)18-38-29(42)26(44-19-22-6-4-3-5-7-22)25(35-31(32)38)27(40)34-17-24(39)16-20-8-10-23(33)11-9-20/h3-11,21H,12-19H2,1-2H3,(H,34,40)(H,36,41). The second-order valence-electron chi connectivity index (χ2n) is 11.5. The molecular formula is C32H34FN5O6. The van der Waals surface area contributed by atoms with Crippen LogP contribution < -0.4 is 20.9 Å². The molecule has 1 fully saturated rings. The average molecular weight is 604 g/mol. The van der Waals surface area contributed by atoms with E-state index >= 15 is 0 Å². The van der Waals surface area contributed by atoms with E-state index in [2.05, 4.69) is 15.6 Å².